The highest BCUT2D eigenvalue weighted by Crippen LogP contribution is 2.49. The van der Waals surface area contributed by atoms with Crippen molar-refractivity contribution in [1.29, 1.82) is 0 Å². The molecule has 196 valence electrons. The fourth-order valence-corrected chi connectivity index (χ4v) is 7.73. The van der Waals surface area contributed by atoms with Crippen LogP contribution in [0, 0.1) is 0 Å². The second kappa shape index (κ2) is 9.67. The number of thiophene rings is 1. The molecule has 0 radical (unpaired) electrons. The summed E-state index contributed by atoms with van der Waals surface area (Å²) in [7, 11) is 0. The number of carbonyl (C=O) groups excluding carboxylic acids is 1. The Kier molecular flexibility index (Phi) is 6.82. The molecule has 6 nitrogen and oxygen atoms in total. The maximum absolute atomic E-state index is 14.6. The number of aryl methyl sites for hydroxylation is 1. The van der Waals surface area contributed by atoms with Gasteiger partial charge in [-0.25, -0.2) is 4.79 Å². The number of halogens is 4. The summed E-state index contributed by atoms with van der Waals surface area (Å²) in [6.07, 6.45) is -2.76. The Morgan fingerprint density at radius 2 is 1.95 bits per heavy atom. The van der Waals surface area contributed by atoms with Crippen molar-refractivity contribution in [2.24, 2.45) is 0 Å². The number of hydrogen-bond donors (Lipinski definition) is 0. The maximum atomic E-state index is 14.6. The zero-order valence-corrected chi connectivity index (χ0v) is 22.5. The molecule has 1 saturated heterocycles. The molecule has 1 amide bonds. The summed E-state index contributed by atoms with van der Waals surface area (Å²) < 4.78 is 45.2. The van der Waals surface area contributed by atoms with Crippen molar-refractivity contribution >= 4 is 57.3 Å². The average molecular weight is 569 g/mol. The van der Waals surface area contributed by atoms with Crippen LogP contribution in [0.15, 0.2) is 39.9 Å². The van der Waals surface area contributed by atoms with Crippen molar-refractivity contribution in [3.8, 4) is 10.4 Å². The molecule has 3 aromatic rings. The standard InChI is InChI=1S/C25H24ClF3N4O2S2/c1-4-19(34)33-13(2)10-31(11-14(33)3)23-16-9-17(25(27,28)29)20(18-8-15(26)12-37-18)22-21(16)32(24(35)30-23)6-5-7-36-22/h4,8-9,12-14H,1,5-7,10-11H2,2-3H3. The average Bonchev–Trinajstić information content (AvgIpc) is 3.13. The summed E-state index contributed by atoms with van der Waals surface area (Å²) in [5.41, 5.74) is -0.754. The number of aromatic nitrogens is 2. The van der Waals surface area contributed by atoms with Crippen LogP contribution in [0.2, 0.25) is 5.02 Å². The minimum atomic E-state index is -4.64. The molecule has 2 aromatic heterocycles. The highest BCUT2D eigenvalue weighted by Gasteiger charge is 2.39. The van der Waals surface area contributed by atoms with E-state index in [4.69, 9.17) is 11.6 Å². The number of benzene rings is 1. The molecule has 0 bridgehead atoms. The lowest BCUT2D eigenvalue weighted by Crippen LogP contribution is -2.58. The van der Waals surface area contributed by atoms with Crippen molar-refractivity contribution < 1.29 is 18.0 Å². The Bertz CT molecular complexity index is 1460. The van der Waals surface area contributed by atoms with Crippen LogP contribution in [-0.2, 0) is 17.5 Å². The van der Waals surface area contributed by atoms with Gasteiger partial charge in [0, 0.05) is 57.8 Å². The molecule has 0 aliphatic carbocycles. The summed E-state index contributed by atoms with van der Waals surface area (Å²) in [5.74, 6) is 0.566. The lowest BCUT2D eigenvalue weighted by molar-refractivity contribution is -0.137. The van der Waals surface area contributed by atoms with E-state index in [0.717, 1.165) is 17.4 Å². The lowest BCUT2D eigenvalue weighted by atomic mass is 10.0. The van der Waals surface area contributed by atoms with E-state index in [9.17, 15) is 22.8 Å². The third-order valence-corrected chi connectivity index (χ3v) is 9.21. The number of amides is 1. The molecule has 12 heteroatoms. The number of piperazine rings is 1. The van der Waals surface area contributed by atoms with Crippen LogP contribution in [0.25, 0.3) is 21.3 Å². The monoisotopic (exact) mass is 568 g/mol. The van der Waals surface area contributed by atoms with E-state index in [0.29, 0.717) is 52.1 Å². The molecule has 0 N–H and O–H groups in total. The predicted molar refractivity (Wildman–Crippen MR) is 143 cm³/mol. The van der Waals surface area contributed by atoms with Gasteiger partial charge in [-0.15, -0.1) is 23.1 Å². The van der Waals surface area contributed by atoms with Crippen LogP contribution in [0.4, 0.5) is 19.0 Å². The van der Waals surface area contributed by atoms with Crippen LogP contribution >= 0.6 is 34.7 Å². The van der Waals surface area contributed by atoms with Crippen molar-refractivity contribution in [3.05, 3.63) is 51.2 Å². The number of alkyl halides is 3. The zero-order valence-electron chi connectivity index (χ0n) is 20.1. The fraction of sp³-hybridized carbons (Fsp3) is 0.400. The Morgan fingerprint density at radius 3 is 2.54 bits per heavy atom. The highest BCUT2D eigenvalue weighted by atomic mass is 35.5. The van der Waals surface area contributed by atoms with Crippen LogP contribution in [-0.4, -0.2) is 51.3 Å². The summed E-state index contributed by atoms with van der Waals surface area (Å²) >= 11 is 8.58. The van der Waals surface area contributed by atoms with Crippen LogP contribution in [0.1, 0.15) is 25.8 Å². The van der Waals surface area contributed by atoms with Crippen molar-refractivity contribution in [1.82, 2.24) is 14.5 Å². The van der Waals surface area contributed by atoms with Crippen LogP contribution in [0.3, 0.4) is 0 Å². The van der Waals surface area contributed by atoms with Gasteiger partial charge in [-0.1, -0.05) is 18.2 Å². The zero-order chi connectivity index (χ0) is 26.6. The number of nitrogens with zero attached hydrogens (tertiary/aromatic N) is 4. The van der Waals surface area contributed by atoms with Gasteiger partial charge in [-0.2, -0.15) is 18.2 Å². The normalized spacial score (nSPS) is 20.3. The van der Waals surface area contributed by atoms with Gasteiger partial charge in [0.25, 0.3) is 0 Å². The van der Waals surface area contributed by atoms with E-state index >= 15 is 0 Å². The minimum Gasteiger partial charge on any atom is -0.352 e. The summed E-state index contributed by atoms with van der Waals surface area (Å²) in [6, 6.07) is 2.15. The molecule has 2 unspecified atom stereocenters. The smallest absolute Gasteiger partial charge is 0.352 e. The van der Waals surface area contributed by atoms with Crippen molar-refractivity contribution in [2.45, 2.75) is 50.0 Å². The number of thioether (sulfide) groups is 1. The topological polar surface area (TPSA) is 58.4 Å². The molecule has 2 atom stereocenters. The summed E-state index contributed by atoms with van der Waals surface area (Å²) in [5, 5.41) is 2.25. The minimum absolute atomic E-state index is 0.0530. The number of carbonyl (C=O) groups is 1. The first kappa shape index (κ1) is 26.1. The molecular weight excluding hydrogens is 545 g/mol. The van der Waals surface area contributed by atoms with E-state index in [1.165, 1.54) is 28.5 Å². The number of hydrogen-bond acceptors (Lipinski definition) is 6. The largest absolute Gasteiger partial charge is 0.417 e. The van der Waals surface area contributed by atoms with E-state index in [2.05, 4.69) is 11.6 Å². The molecule has 5 rings (SSSR count). The SMILES string of the molecule is C=CC(=O)N1C(C)CN(c2nc(=O)n3c4c(c(-c5cc(Cl)cs5)c(C(F)(F)F)cc24)SCCC3)CC1C. The van der Waals surface area contributed by atoms with Crippen LogP contribution in [0.5, 0.6) is 0 Å². The van der Waals surface area contributed by atoms with Gasteiger partial charge in [0.15, 0.2) is 0 Å². The predicted octanol–water partition coefficient (Wildman–Crippen LogP) is 5.90. The molecule has 1 aromatic carbocycles. The van der Waals surface area contributed by atoms with Gasteiger partial charge in [-0.3, -0.25) is 9.36 Å². The van der Waals surface area contributed by atoms with Crippen molar-refractivity contribution in [3.63, 3.8) is 0 Å². The Morgan fingerprint density at radius 1 is 1.24 bits per heavy atom. The van der Waals surface area contributed by atoms with Gasteiger partial charge in [0.05, 0.1) is 16.1 Å². The molecule has 0 saturated carbocycles. The first-order valence-corrected chi connectivity index (χ1v) is 14.0. The van der Waals surface area contributed by atoms with Gasteiger partial charge in [0.2, 0.25) is 5.91 Å². The van der Waals surface area contributed by atoms with Gasteiger partial charge in [-0.05, 0) is 44.2 Å². The third-order valence-electron chi connectivity index (χ3n) is 6.74. The van der Waals surface area contributed by atoms with Gasteiger partial charge >= 0.3 is 11.9 Å². The second-order valence-corrected chi connectivity index (χ2v) is 11.7. The van der Waals surface area contributed by atoms with E-state index in [1.54, 1.807) is 10.3 Å². The summed E-state index contributed by atoms with van der Waals surface area (Å²) in [6.45, 7) is 8.31. The molecule has 1 fully saturated rings. The van der Waals surface area contributed by atoms with Gasteiger partial charge < -0.3 is 9.80 Å². The molecule has 2 aliphatic rings. The van der Waals surface area contributed by atoms with Gasteiger partial charge in [0.1, 0.15) is 5.82 Å². The van der Waals surface area contributed by atoms with E-state index < -0.39 is 17.4 Å². The molecule has 4 heterocycles. The second-order valence-electron chi connectivity index (χ2n) is 9.28. The Labute approximate surface area is 224 Å². The maximum Gasteiger partial charge on any atom is 0.417 e. The van der Waals surface area contributed by atoms with E-state index in [-0.39, 0.29) is 34.8 Å². The first-order valence-electron chi connectivity index (χ1n) is 11.8. The molecule has 0 spiro atoms. The number of anilines is 1. The first-order chi connectivity index (χ1) is 17.5. The third kappa shape index (κ3) is 4.55. The van der Waals surface area contributed by atoms with E-state index in [1.807, 2.05) is 18.7 Å². The van der Waals surface area contributed by atoms with Crippen molar-refractivity contribution in [2.75, 3.05) is 23.7 Å². The van der Waals surface area contributed by atoms with Crippen LogP contribution < -0.4 is 10.6 Å². The lowest BCUT2D eigenvalue weighted by Gasteiger charge is -2.44. The molecule has 37 heavy (non-hydrogen) atoms. The number of rotatable bonds is 3. The Balaban J connectivity index is 1.79. The highest BCUT2D eigenvalue weighted by molar-refractivity contribution is 7.99. The Hall–Kier alpha value is -2.50. The molecular formula is C25H24ClF3N4O2S2. The molecule has 2 aliphatic heterocycles. The quantitative estimate of drug-likeness (QED) is 0.368. The fourth-order valence-electron chi connectivity index (χ4n) is 5.33. The summed E-state index contributed by atoms with van der Waals surface area (Å²) in [4.78, 5) is 34.3.